The first-order valence-electron chi connectivity index (χ1n) is 5.37. The van der Waals surface area contributed by atoms with Gasteiger partial charge >= 0.3 is 0 Å². The summed E-state index contributed by atoms with van der Waals surface area (Å²) in [7, 11) is 0. The Morgan fingerprint density at radius 2 is 2.07 bits per heavy atom. The van der Waals surface area contributed by atoms with Gasteiger partial charge < -0.3 is 16.3 Å². The van der Waals surface area contributed by atoms with Gasteiger partial charge in [0.05, 0.1) is 6.42 Å². The third kappa shape index (κ3) is 4.18. The molecule has 0 saturated heterocycles. The van der Waals surface area contributed by atoms with Crippen molar-refractivity contribution in [2.75, 3.05) is 0 Å². The summed E-state index contributed by atoms with van der Waals surface area (Å²) in [5, 5.41) is 14.0. The Hall–Kier alpha value is -1.26. The van der Waals surface area contributed by atoms with E-state index in [2.05, 4.69) is 17.4 Å². The quantitative estimate of drug-likeness (QED) is 0.281. The van der Waals surface area contributed by atoms with E-state index in [1.165, 1.54) is 0 Å². The van der Waals surface area contributed by atoms with E-state index in [9.17, 15) is 4.79 Å². The number of oxime groups is 1. The monoisotopic (exact) mass is 213 g/mol. The maximum Gasteiger partial charge on any atom is 0.227 e. The Labute approximate surface area is 89.7 Å². The maximum atomic E-state index is 11.4. The molecular weight excluding hydrogens is 194 g/mol. The number of nitrogens with two attached hydrogens (primary N) is 1. The maximum absolute atomic E-state index is 11.4. The molecule has 1 aliphatic rings. The van der Waals surface area contributed by atoms with E-state index in [4.69, 9.17) is 10.9 Å². The molecule has 1 rings (SSSR count). The third-order valence-corrected chi connectivity index (χ3v) is 2.85. The van der Waals surface area contributed by atoms with Crippen LogP contribution in [0, 0.1) is 5.92 Å². The minimum Gasteiger partial charge on any atom is -0.409 e. The van der Waals surface area contributed by atoms with E-state index in [1.807, 2.05) is 0 Å². The van der Waals surface area contributed by atoms with Crippen molar-refractivity contribution in [3.8, 4) is 0 Å². The molecule has 5 heteroatoms. The van der Waals surface area contributed by atoms with Gasteiger partial charge in [-0.2, -0.15) is 0 Å². The Morgan fingerprint density at radius 1 is 1.47 bits per heavy atom. The Balaban J connectivity index is 2.26. The van der Waals surface area contributed by atoms with Crippen molar-refractivity contribution in [1.29, 1.82) is 0 Å². The number of carbonyl (C=O) groups excluding carboxylic acids is 1. The zero-order valence-corrected chi connectivity index (χ0v) is 9.07. The molecule has 0 aromatic carbocycles. The molecule has 0 bridgehead atoms. The van der Waals surface area contributed by atoms with Crippen LogP contribution < -0.4 is 11.1 Å². The smallest absolute Gasteiger partial charge is 0.227 e. The van der Waals surface area contributed by atoms with E-state index in [1.54, 1.807) is 0 Å². The van der Waals surface area contributed by atoms with Gasteiger partial charge in [0.1, 0.15) is 5.84 Å². The van der Waals surface area contributed by atoms with Gasteiger partial charge in [-0.25, -0.2) is 0 Å². The first-order valence-corrected chi connectivity index (χ1v) is 5.37. The summed E-state index contributed by atoms with van der Waals surface area (Å²) in [6.45, 7) is 2.23. The van der Waals surface area contributed by atoms with Gasteiger partial charge in [-0.1, -0.05) is 12.1 Å². The predicted octanol–water partition coefficient (Wildman–Crippen LogP) is 0.818. The number of nitrogens with one attached hydrogen (secondary N) is 1. The molecule has 0 radical (unpaired) electrons. The summed E-state index contributed by atoms with van der Waals surface area (Å²) in [5.41, 5.74) is 5.24. The molecule has 4 N–H and O–H groups in total. The van der Waals surface area contributed by atoms with Crippen molar-refractivity contribution in [2.45, 2.75) is 45.1 Å². The molecule has 1 fully saturated rings. The molecule has 0 atom stereocenters. The van der Waals surface area contributed by atoms with E-state index < -0.39 is 0 Å². The van der Waals surface area contributed by atoms with Gasteiger partial charge in [0.25, 0.3) is 0 Å². The van der Waals surface area contributed by atoms with Crippen LogP contribution in [-0.4, -0.2) is 23.0 Å². The van der Waals surface area contributed by atoms with Crippen molar-refractivity contribution in [2.24, 2.45) is 16.8 Å². The second-order valence-corrected chi connectivity index (χ2v) is 4.29. The first kappa shape index (κ1) is 11.8. The van der Waals surface area contributed by atoms with Crippen molar-refractivity contribution in [3.05, 3.63) is 0 Å². The lowest BCUT2D eigenvalue weighted by Crippen LogP contribution is -2.39. The number of hydrogen-bond acceptors (Lipinski definition) is 3. The van der Waals surface area contributed by atoms with Crippen LogP contribution in [0.3, 0.4) is 0 Å². The fraction of sp³-hybridized carbons (Fsp3) is 0.800. The molecule has 1 aliphatic carbocycles. The summed E-state index contributed by atoms with van der Waals surface area (Å²) in [6, 6.07) is 0.264. The topological polar surface area (TPSA) is 87.7 Å². The fourth-order valence-corrected chi connectivity index (χ4v) is 1.88. The zero-order valence-electron chi connectivity index (χ0n) is 9.07. The van der Waals surface area contributed by atoms with Crippen LogP contribution in [0.2, 0.25) is 0 Å². The highest BCUT2D eigenvalue weighted by Crippen LogP contribution is 2.23. The van der Waals surface area contributed by atoms with E-state index in [-0.39, 0.29) is 24.2 Å². The van der Waals surface area contributed by atoms with E-state index in [0.717, 1.165) is 31.6 Å². The van der Waals surface area contributed by atoms with Crippen LogP contribution in [0.15, 0.2) is 5.16 Å². The second kappa shape index (κ2) is 5.58. The molecule has 15 heavy (non-hydrogen) atoms. The number of amides is 1. The van der Waals surface area contributed by atoms with Crippen molar-refractivity contribution in [3.63, 3.8) is 0 Å². The van der Waals surface area contributed by atoms with Gasteiger partial charge in [-0.05, 0) is 31.6 Å². The SMILES string of the molecule is CC1CCC(NC(=O)CC(N)=NO)CC1. The third-order valence-electron chi connectivity index (χ3n) is 2.85. The van der Waals surface area contributed by atoms with Crippen LogP contribution in [0.1, 0.15) is 39.0 Å². The molecule has 1 saturated carbocycles. The molecule has 5 nitrogen and oxygen atoms in total. The lowest BCUT2D eigenvalue weighted by molar-refractivity contribution is -0.120. The Morgan fingerprint density at radius 3 is 2.60 bits per heavy atom. The van der Waals surface area contributed by atoms with Gasteiger partial charge in [-0.3, -0.25) is 4.79 Å². The normalized spacial score (nSPS) is 27.4. The first-order chi connectivity index (χ1) is 7.11. The van der Waals surface area contributed by atoms with Gasteiger partial charge in [0.15, 0.2) is 0 Å². The van der Waals surface area contributed by atoms with Crippen molar-refractivity contribution < 1.29 is 10.0 Å². The number of rotatable bonds is 3. The van der Waals surface area contributed by atoms with Crippen molar-refractivity contribution >= 4 is 11.7 Å². The lowest BCUT2D eigenvalue weighted by atomic mass is 9.87. The highest BCUT2D eigenvalue weighted by Gasteiger charge is 2.19. The van der Waals surface area contributed by atoms with Gasteiger partial charge in [0.2, 0.25) is 5.91 Å². The van der Waals surface area contributed by atoms with Gasteiger partial charge in [-0.15, -0.1) is 0 Å². The molecule has 0 aromatic rings. The molecule has 1 amide bonds. The Bertz CT molecular complexity index is 245. The van der Waals surface area contributed by atoms with Crippen molar-refractivity contribution in [1.82, 2.24) is 5.32 Å². The fourth-order valence-electron chi connectivity index (χ4n) is 1.88. The largest absolute Gasteiger partial charge is 0.409 e. The van der Waals surface area contributed by atoms with E-state index in [0.29, 0.717) is 0 Å². The molecule has 86 valence electrons. The van der Waals surface area contributed by atoms with Crippen LogP contribution in [-0.2, 0) is 4.79 Å². The molecule has 0 spiro atoms. The predicted molar refractivity (Wildman–Crippen MR) is 57.6 cm³/mol. The lowest BCUT2D eigenvalue weighted by Gasteiger charge is -2.26. The zero-order chi connectivity index (χ0) is 11.3. The number of hydrogen-bond donors (Lipinski definition) is 3. The minimum absolute atomic E-state index is 0.0252. The summed E-state index contributed by atoms with van der Waals surface area (Å²) in [6.07, 6.45) is 4.36. The average molecular weight is 213 g/mol. The standard InChI is InChI=1S/C10H19N3O2/c1-7-2-4-8(5-3-7)12-10(14)6-9(11)13-15/h7-8,15H,2-6H2,1H3,(H2,11,13)(H,12,14). The van der Waals surface area contributed by atoms with E-state index >= 15 is 0 Å². The molecule has 0 unspecified atom stereocenters. The molecule has 0 heterocycles. The summed E-state index contributed by atoms with van der Waals surface area (Å²) < 4.78 is 0. The number of nitrogens with zero attached hydrogens (tertiary/aromatic N) is 1. The van der Waals surface area contributed by atoms with Crippen LogP contribution in [0.25, 0.3) is 0 Å². The Kier molecular flexibility index (Phi) is 4.39. The van der Waals surface area contributed by atoms with Gasteiger partial charge in [0, 0.05) is 6.04 Å². The van der Waals surface area contributed by atoms with Crippen LogP contribution in [0.4, 0.5) is 0 Å². The minimum atomic E-state index is -0.162. The summed E-state index contributed by atoms with van der Waals surface area (Å²) >= 11 is 0. The van der Waals surface area contributed by atoms with Crippen LogP contribution >= 0.6 is 0 Å². The van der Waals surface area contributed by atoms with Crippen LogP contribution in [0.5, 0.6) is 0 Å². The summed E-state index contributed by atoms with van der Waals surface area (Å²) in [5.74, 6) is 0.559. The second-order valence-electron chi connectivity index (χ2n) is 4.29. The average Bonchev–Trinajstić information content (AvgIpc) is 2.21. The number of amidine groups is 1. The highest BCUT2D eigenvalue weighted by atomic mass is 16.4. The number of carbonyl (C=O) groups is 1. The highest BCUT2D eigenvalue weighted by molar-refractivity contribution is 5.98. The molecule has 0 aromatic heterocycles. The summed E-state index contributed by atoms with van der Waals surface area (Å²) in [4.78, 5) is 11.4. The molecule has 0 aliphatic heterocycles. The molecular formula is C10H19N3O2.